The predicted molar refractivity (Wildman–Crippen MR) is 90.2 cm³/mol. The molecule has 1 amide bonds. The monoisotopic (exact) mass is 318 g/mol. The van der Waals surface area contributed by atoms with Gasteiger partial charge in [-0.15, -0.1) is 0 Å². The van der Waals surface area contributed by atoms with Crippen molar-refractivity contribution in [1.29, 1.82) is 0 Å². The molecule has 1 atom stereocenters. The van der Waals surface area contributed by atoms with Crippen LogP contribution in [0, 0.1) is 0 Å². The second kappa shape index (κ2) is 5.45. The summed E-state index contributed by atoms with van der Waals surface area (Å²) in [7, 11) is 0. The van der Waals surface area contributed by atoms with Gasteiger partial charge in [0.1, 0.15) is 5.92 Å². The topological polar surface area (TPSA) is 70.5 Å². The predicted octanol–water partition coefficient (Wildman–Crippen LogP) is 3.06. The molecule has 0 aliphatic carbocycles. The Morgan fingerprint density at radius 2 is 1.83 bits per heavy atom. The van der Waals surface area contributed by atoms with E-state index in [0.717, 1.165) is 5.39 Å². The number of aliphatic carboxylic acids is 1. The number of rotatable bonds is 2. The minimum atomic E-state index is -0.922. The molecule has 1 aromatic heterocycles. The van der Waals surface area contributed by atoms with Gasteiger partial charge in [0.25, 0.3) is 5.91 Å². The first-order valence-electron chi connectivity index (χ1n) is 7.64. The lowest BCUT2D eigenvalue weighted by Crippen LogP contribution is -2.31. The van der Waals surface area contributed by atoms with Crippen molar-refractivity contribution in [2.45, 2.75) is 5.92 Å². The smallest absolute Gasteiger partial charge is 0.312 e. The third kappa shape index (κ3) is 2.13. The number of carbonyl (C=O) groups excluding carboxylic acids is 1. The zero-order valence-electron chi connectivity index (χ0n) is 12.7. The number of hydrogen-bond acceptors (Lipinski definition) is 3. The molecule has 0 spiro atoms. The molecule has 0 radical (unpaired) electrons. The van der Waals surface area contributed by atoms with E-state index < -0.39 is 11.9 Å². The average molecular weight is 318 g/mol. The SMILES string of the molecule is O=C(O)C1CN(C(=O)c2cccc3cccnc23)c2ccccc21. The van der Waals surface area contributed by atoms with Crippen LogP contribution in [0.5, 0.6) is 0 Å². The summed E-state index contributed by atoms with van der Waals surface area (Å²) < 4.78 is 0. The van der Waals surface area contributed by atoms with Crippen molar-refractivity contribution in [3.05, 3.63) is 71.9 Å². The first-order chi connectivity index (χ1) is 11.7. The molecule has 4 rings (SSSR count). The molecule has 0 fully saturated rings. The van der Waals surface area contributed by atoms with E-state index in [1.807, 2.05) is 30.3 Å². The van der Waals surface area contributed by atoms with Gasteiger partial charge in [-0.25, -0.2) is 0 Å². The van der Waals surface area contributed by atoms with Gasteiger partial charge in [0, 0.05) is 23.8 Å². The van der Waals surface area contributed by atoms with Crippen LogP contribution in [-0.4, -0.2) is 28.5 Å². The van der Waals surface area contributed by atoms with Gasteiger partial charge in [-0.2, -0.15) is 0 Å². The maximum absolute atomic E-state index is 13.1. The number of aromatic nitrogens is 1. The van der Waals surface area contributed by atoms with Crippen molar-refractivity contribution >= 4 is 28.5 Å². The molecule has 1 N–H and O–H groups in total. The van der Waals surface area contributed by atoms with Crippen LogP contribution in [0.1, 0.15) is 21.8 Å². The van der Waals surface area contributed by atoms with Crippen LogP contribution in [-0.2, 0) is 4.79 Å². The van der Waals surface area contributed by atoms with E-state index in [4.69, 9.17) is 0 Å². The average Bonchev–Trinajstić information content (AvgIpc) is 3.00. The minimum Gasteiger partial charge on any atom is -0.481 e. The molecule has 118 valence electrons. The number of carboxylic acid groups (broad SMARTS) is 1. The largest absolute Gasteiger partial charge is 0.481 e. The van der Waals surface area contributed by atoms with Gasteiger partial charge in [0.05, 0.1) is 11.1 Å². The van der Waals surface area contributed by atoms with E-state index in [1.165, 1.54) is 4.90 Å². The van der Waals surface area contributed by atoms with Crippen molar-refractivity contribution in [1.82, 2.24) is 4.98 Å². The maximum atomic E-state index is 13.1. The molecule has 2 aromatic carbocycles. The Bertz CT molecular complexity index is 962. The normalized spacial score (nSPS) is 16.2. The molecule has 1 unspecified atom stereocenters. The number of fused-ring (bicyclic) bond motifs is 2. The van der Waals surface area contributed by atoms with E-state index in [0.29, 0.717) is 22.3 Å². The van der Waals surface area contributed by atoms with Gasteiger partial charge in [-0.1, -0.05) is 36.4 Å². The number of benzene rings is 2. The fourth-order valence-electron chi connectivity index (χ4n) is 3.23. The summed E-state index contributed by atoms with van der Waals surface area (Å²) in [6, 6.07) is 16.3. The van der Waals surface area contributed by atoms with Crippen LogP contribution < -0.4 is 4.90 Å². The van der Waals surface area contributed by atoms with Crippen LogP contribution in [0.15, 0.2) is 60.8 Å². The van der Waals surface area contributed by atoms with Crippen molar-refractivity contribution < 1.29 is 14.7 Å². The number of nitrogens with zero attached hydrogens (tertiary/aromatic N) is 2. The minimum absolute atomic E-state index is 0.136. The number of amides is 1. The summed E-state index contributed by atoms with van der Waals surface area (Å²) in [6.45, 7) is 0.136. The van der Waals surface area contributed by atoms with Gasteiger partial charge in [0.2, 0.25) is 0 Å². The zero-order chi connectivity index (χ0) is 16.7. The molecular weight excluding hydrogens is 304 g/mol. The first-order valence-corrected chi connectivity index (χ1v) is 7.64. The highest BCUT2D eigenvalue weighted by Crippen LogP contribution is 2.37. The molecule has 2 heterocycles. The van der Waals surface area contributed by atoms with E-state index in [9.17, 15) is 14.7 Å². The van der Waals surface area contributed by atoms with Gasteiger partial charge >= 0.3 is 5.97 Å². The molecule has 1 aliphatic rings. The van der Waals surface area contributed by atoms with Crippen molar-refractivity contribution in [2.24, 2.45) is 0 Å². The quantitative estimate of drug-likeness (QED) is 0.788. The molecule has 0 saturated carbocycles. The first kappa shape index (κ1) is 14.4. The van der Waals surface area contributed by atoms with Gasteiger partial charge < -0.3 is 10.0 Å². The number of hydrogen-bond donors (Lipinski definition) is 1. The van der Waals surface area contributed by atoms with Crippen LogP contribution >= 0.6 is 0 Å². The lowest BCUT2D eigenvalue weighted by molar-refractivity contribution is -0.138. The Kier molecular flexibility index (Phi) is 3.27. The van der Waals surface area contributed by atoms with Gasteiger partial charge in [0.15, 0.2) is 0 Å². The summed E-state index contributed by atoms with van der Waals surface area (Å²) in [4.78, 5) is 30.5. The Labute approximate surface area is 138 Å². The molecule has 0 bridgehead atoms. The fraction of sp³-hybridized carbons (Fsp3) is 0.105. The summed E-state index contributed by atoms with van der Waals surface area (Å²) in [5.74, 6) is -1.85. The molecule has 5 heteroatoms. The third-order valence-electron chi connectivity index (χ3n) is 4.37. The van der Waals surface area contributed by atoms with E-state index in [1.54, 1.807) is 30.5 Å². The van der Waals surface area contributed by atoms with Crippen molar-refractivity contribution in [2.75, 3.05) is 11.4 Å². The Balaban J connectivity index is 1.82. The van der Waals surface area contributed by atoms with E-state index in [-0.39, 0.29) is 12.5 Å². The number of anilines is 1. The second-order valence-electron chi connectivity index (χ2n) is 5.75. The Morgan fingerprint density at radius 3 is 2.67 bits per heavy atom. The molecule has 1 aliphatic heterocycles. The highest BCUT2D eigenvalue weighted by molar-refractivity contribution is 6.14. The summed E-state index contributed by atoms with van der Waals surface area (Å²) in [5.41, 5.74) is 2.43. The maximum Gasteiger partial charge on any atom is 0.312 e. The molecule has 24 heavy (non-hydrogen) atoms. The Morgan fingerprint density at radius 1 is 1.04 bits per heavy atom. The van der Waals surface area contributed by atoms with E-state index >= 15 is 0 Å². The number of carbonyl (C=O) groups is 2. The molecule has 0 saturated heterocycles. The summed E-state index contributed by atoms with van der Waals surface area (Å²) in [5, 5.41) is 10.3. The summed E-state index contributed by atoms with van der Waals surface area (Å²) in [6.07, 6.45) is 1.65. The van der Waals surface area contributed by atoms with Crippen molar-refractivity contribution in [3.63, 3.8) is 0 Å². The number of pyridine rings is 1. The van der Waals surface area contributed by atoms with Crippen LogP contribution in [0.25, 0.3) is 10.9 Å². The van der Waals surface area contributed by atoms with Crippen LogP contribution in [0.4, 0.5) is 5.69 Å². The number of para-hydroxylation sites is 2. The van der Waals surface area contributed by atoms with Crippen LogP contribution in [0.3, 0.4) is 0 Å². The van der Waals surface area contributed by atoms with E-state index in [2.05, 4.69) is 4.98 Å². The fourth-order valence-corrected chi connectivity index (χ4v) is 3.23. The van der Waals surface area contributed by atoms with Crippen LogP contribution in [0.2, 0.25) is 0 Å². The standard InChI is InChI=1S/C19H14N2O3/c22-18(14-8-3-5-12-6-4-10-20-17(12)14)21-11-15(19(23)24)13-7-1-2-9-16(13)21/h1-10,15H,11H2,(H,23,24). The second-order valence-corrected chi connectivity index (χ2v) is 5.75. The third-order valence-corrected chi connectivity index (χ3v) is 4.37. The lowest BCUT2D eigenvalue weighted by atomic mass is 10.0. The number of carboxylic acids is 1. The van der Waals surface area contributed by atoms with Gasteiger partial charge in [-0.05, 0) is 23.8 Å². The molecule has 3 aromatic rings. The molecular formula is C19H14N2O3. The lowest BCUT2D eigenvalue weighted by Gasteiger charge is -2.18. The molecule has 5 nitrogen and oxygen atoms in total. The Hall–Kier alpha value is -3.21. The van der Waals surface area contributed by atoms with Gasteiger partial charge in [-0.3, -0.25) is 14.6 Å². The highest BCUT2D eigenvalue weighted by atomic mass is 16.4. The summed E-state index contributed by atoms with van der Waals surface area (Å²) >= 11 is 0. The zero-order valence-corrected chi connectivity index (χ0v) is 12.7. The van der Waals surface area contributed by atoms with Crippen molar-refractivity contribution in [3.8, 4) is 0 Å². The highest BCUT2D eigenvalue weighted by Gasteiger charge is 2.37.